The quantitative estimate of drug-likeness (QED) is 0.726. The minimum Gasteiger partial charge on any atom is -0.490 e. The number of halogens is 3. The first kappa shape index (κ1) is 20.6. The molecule has 1 fully saturated rings. The first-order valence-electron chi connectivity index (χ1n) is 9.37. The zero-order valence-electron chi connectivity index (χ0n) is 16.1. The molecule has 1 aliphatic heterocycles. The molecule has 6 nitrogen and oxygen atoms in total. The van der Waals surface area contributed by atoms with Gasteiger partial charge in [-0.2, -0.15) is 13.2 Å². The van der Waals surface area contributed by atoms with Gasteiger partial charge in [0.15, 0.2) is 9.84 Å². The van der Waals surface area contributed by atoms with Crippen molar-refractivity contribution in [1.82, 2.24) is 9.88 Å². The molecule has 2 aliphatic rings. The molecule has 4 rings (SSSR count). The highest BCUT2D eigenvalue weighted by Crippen LogP contribution is 2.34. The van der Waals surface area contributed by atoms with Crippen molar-refractivity contribution in [3.05, 3.63) is 52.8 Å². The fourth-order valence-corrected chi connectivity index (χ4v) is 4.08. The van der Waals surface area contributed by atoms with E-state index in [9.17, 15) is 26.4 Å². The number of ether oxygens (including phenoxy) is 1. The molecule has 1 aliphatic carbocycles. The highest BCUT2D eigenvalue weighted by Gasteiger charge is 2.35. The number of rotatable bonds is 4. The van der Waals surface area contributed by atoms with Gasteiger partial charge in [-0.1, -0.05) is 0 Å². The zero-order chi connectivity index (χ0) is 21.7. The van der Waals surface area contributed by atoms with Crippen LogP contribution in [0.3, 0.4) is 0 Å². The Morgan fingerprint density at radius 1 is 1.17 bits per heavy atom. The van der Waals surface area contributed by atoms with E-state index in [0.717, 1.165) is 37.8 Å². The monoisotopic (exact) mass is 440 g/mol. The van der Waals surface area contributed by atoms with Crippen LogP contribution in [0.1, 0.15) is 46.4 Å². The summed E-state index contributed by atoms with van der Waals surface area (Å²) in [5.41, 5.74) is -0.0336. The highest BCUT2D eigenvalue weighted by molar-refractivity contribution is 7.90. The van der Waals surface area contributed by atoms with E-state index in [0.29, 0.717) is 11.1 Å². The predicted octanol–water partition coefficient (Wildman–Crippen LogP) is 3.59. The summed E-state index contributed by atoms with van der Waals surface area (Å²) >= 11 is 0. The van der Waals surface area contributed by atoms with E-state index >= 15 is 0 Å². The van der Waals surface area contributed by atoms with Crippen LogP contribution in [0.25, 0.3) is 0 Å². The van der Waals surface area contributed by atoms with E-state index in [1.165, 1.54) is 23.1 Å². The number of hydrogen-bond acceptors (Lipinski definition) is 5. The number of hydrogen-bond donors (Lipinski definition) is 0. The van der Waals surface area contributed by atoms with Gasteiger partial charge in [-0.25, -0.2) is 8.42 Å². The second kappa shape index (κ2) is 7.26. The summed E-state index contributed by atoms with van der Waals surface area (Å²) in [6.07, 6.45) is 0.287. The van der Waals surface area contributed by atoms with Gasteiger partial charge < -0.3 is 9.64 Å². The lowest BCUT2D eigenvalue weighted by Gasteiger charge is -2.28. The standard InChI is InChI=1S/C20H19F3N2O4S/c1-30(27,28)15-5-6-17(29-14-3-2-4-14)16(8-15)19(26)25-10-12-7-18(20(21,22)23)24-9-13(12)11-25/h5-9,14H,2-4,10-11H2,1H3. The second-order valence-electron chi connectivity index (χ2n) is 7.60. The summed E-state index contributed by atoms with van der Waals surface area (Å²) in [5, 5.41) is 0. The number of amides is 1. The van der Waals surface area contributed by atoms with Crippen molar-refractivity contribution in [3.63, 3.8) is 0 Å². The van der Waals surface area contributed by atoms with Crippen LogP contribution in [0.2, 0.25) is 0 Å². The molecule has 30 heavy (non-hydrogen) atoms. The Hall–Kier alpha value is -2.62. The summed E-state index contributed by atoms with van der Waals surface area (Å²) in [6.45, 7) is 0.0665. The maximum absolute atomic E-state index is 13.2. The molecule has 10 heteroatoms. The first-order chi connectivity index (χ1) is 14.0. The number of carbonyl (C=O) groups is 1. The van der Waals surface area contributed by atoms with Crippen molar-refractivity contribution in [2.75, 3.05) is 6.26 Å². The van der Waals surface area contributed by atoms with E-state index in [4.69, 9.17) is 4.74 Å². The third kappa shape index (κ3) is 4.00. The third-order valence-electron chi connectivity index (χ3n) is 5.34. The number of benzene rings is 1. The van der Waals surface area contributed by atoms with Gasteiger partial charge in [-0.15, -0.1) is 0 Å². The number of nitrogens with zero attached hydrogens (tertiary/aromatic N) is 2. The third-order valence-corrected chi connectivity index (χ3v) is 6.45. The largest absolute Gasteiger partial charge is 0.490 e. The van der Waals surface area contributed by atoms with Crippen LogP contribution in [0.4, 0.5) is 13.2 Å². The van der Waals surface area contributed by atoms with Crippen molar-refractivity contribution < 1.29 is 31.1 Å². The number of aromatic nitrogens is 1. The van der Waals surface area contributed by atoms with Crippen LogP contribution < -0.4 is 4.74 Å². The van der Waals surface area contributed by atoms with E-state index < -0.39 is 27.6 Å². The van der Waals surface area contributed by atoms with Crippen LogP contribution in [0, 0.1) is 0 Å². The minimum atomic E-state index is -4.57. The molecule has 0 bridgehead atoms. The molecule has 0 unspecified atom stereocenters. The smallest absolute Gasteiger partial charge is 0.433 e. The Labute approximate surface area is 171 Å². The Kier molecular flexibility index (Phi) is 5.00. The zero-order valence-corrected chi connectivity index (χ0v) is 16.9. The molecule has 2 heterocycles. The lowest BCUT2D eigenvalue weighted by Crippen LogP contribution is -2.29. The fraction of sp³-hybridized carbons (Fsp3) is 0.400. The van der Waals surface area contributed by atoms with E-state index in [1.54, 1.807) is 0 Å². The van der Waals surface area contributed by atoms with Crippen LogP contribution >= 0.6 is 0 Å². The van der Waals surface area contributed by atoms with Crippen LogP contribution in [0.15, 0.2) is 35.4 Å². The Morgan fingerprint density at radius 2 is 1.87 bits per heavy atom. The number of carbonyl (C=O) groups excluding carboxylic acids is 1. The number of fused-ring (bicyclic) bond motifs is 1. The Bertz CT molecular complexity index is 1110. The molecule has 2 aromatic rings. The maximum Gasteiger partial charge on any atom is 0.433 e. The summed E-state index contributed by atoms with van der Waals surface area (Å²) in [6, 6.07) is 5.07. The first-order valence-corrected chi connectivity index (χ1v) is 11.3. The van der Waals surface area contributed by atoms with Crippen molar-refractivity contribution in [1.29, 1.82) is 0 Å². The van der Waals surface area contributed by atoms with Crippen molar-refractivity contribution in [3.8, 4) is 5.75 Å². The molecule has 0 spiro atoms. The fourth-order valence-electron chi connectivity index (χ4n) is 3.43. The highest BCUT2D eigenvalue weighted by atomic mass is 32.2. The number of pyridine rings is 1. The van der Waals surface area contributed by atoms with Gasteiger partial charge in [-0.3, -0.25) is 9.78 Å². The summed E-state index contributed by atoms with van der Waals surface area (Å²) in [4.78, 5) is 18.0. The van der Waals surface area contributed by atoms with Crippen LogP contribution in [0.5, 0.6) is 5.75 Å². The van der Waals surface area contributed by atoms with Gasteiger partial charge in [0.2, 0.25) is 0 Å². The van der Waals surface area contributed by atoms with E-state index in [2.05, 4.69) is 4.98 Å². The van der Waals surface area contributed by atoms with Crippen molar-refractivity contribution in [2.24, 2.45) is 0 Å². The Balaban J connectivity index is 1.64. The molecule has 0 saturated heterocycles. The molecule has 0 atom stereocenters. The van der Waals surface area contributed by atoms with Gasteiger partial charge in [0.25, 0.3) is 5.91 Å². The summed E-state index contributed by atoms with van der Waals surface area (Å²) in [5.74, 6) is -0.221. The lowest BCUT2D eigenvalue weighted by molar-refractivity contribution is -0.141. The van der Waals surface area contributed by atoms with Crippen molar-refractivity contribution in [2.45, 2.75) is 49.5 Å². The predicted molar refractivity (Wildman–Crippen MR) is 101 cm³/mol. The van der Waals surface area contributed by atoms with Gasteiger partial charge in [0.1, 0.15) is 11.4 Å². The SMILES string of the molecule is CS(=O)(=O)c1ccc(OC2CCC2)c(C(=O)N2Cc3cnc(C(F)(F)F)cc3C2)c1. The molecule has 1 saturated carbocycles. The molecular formula is C20H19F3N2O4S. The molecule has 0 radical (unpaired) electrons. The Morgan fingerprint density at radius 3 is 2.47 bits per heavy atom. The normalized spacial score (nSPS) is 16.9. The van der Waals surface area contributed by atoms with Gasteiger partial charge in [0, 0.05) is 25.5 Å². The topological polar surface area (TPSA) is 76.6 Å². The number of sulfone groups is 1. The summed E-state index contributed by atoms with van der Waals surface area (Å²) < 4.78 is 68.6. The van der Waals surface area contributed by atoms with Crippen LogP contribution in [-0.2, 0) is 29.1 Å². The average molecular weight is 440 g/mol. The van der Waals surface area contributed by atoms with Gasteiger partial charge in [0.05, 0.1) is 16.6 Å². The van der Waals surface area contributed by atoms with Gasteiger partial charge >= 0.3 is 6.18 Å². The number of alkyl halides is 3. The van der Waals surface area contributed by atoms with Crippen molar-refractivity contribution >= 4 is 15.7 Å². The maximum atomic E-state index is 13.2. The molecule has 160 valence electrons. The second-order valence-corrected chi connectivity index (χ2v) is 9.61. The van der Waals surface area contributed by atoms with E-state index in [1.807, 2.05) is 0 Å². The minimum absolute atomic E-state index is 0.0221. The molecular weight excluding hydrogens is 421 g/mol. The molecule has 0 N–H and O–H groups in total. The van der Waals surface area contributed by atoms with Gasteiger partial charge in [-0.05, 0) is 54.7 Å². The molecule has 1 aromatic heterocycles. The van der Waals surface area contributed by atoms with E-state index in [-0.39, 0.29) is 35.4 Å². The van der Waals surface area contributed by atoms with Crippen LogP contribution in [-0.4, -0.2) is 36.6 Å². The average Bonchev–Trinajstić information content (AvgIpc) is 3.06. The molecule has 1 aromatic carbocycles. The summed E-state index contributed by atoms with van der Waals surface area (Å²) in [7, 11) is -3.56. The molecule has 1 amide bonds. The lowest BCUT2D eigenvalue weighted by atomic mass is 9.96.